The van der Waals surface area contributed by atoms with Gasteiger partial charge in [0.2, 0.25) is 0 Å². The third kappa shape index (κ3) is 4.80. The van der Waals surface area contributed by atoms with E-state index in [0.717, 1.165) is 21.8 Å². The van der Waals surface area contributed by atoms with Crippen molar-refractivity contribution in [2.45, 2.75) is 0 Å². The second-order valence-corrected chi connectivity index (χ2v) is 6.18. The molecule has 0 aliphatic heterocycles. The van der Waals surface area contributed by atoms with Gasteiger partial charge in [0.05, 0.1) is 10.2 Å². The average Bonchev–Trinajstić information content (AvgIpc) is 2.81. The molecule has 0 radical (unpaired) electrons. The molecule has 1 heterocycles. The van der Waals surface area contributed by atoms with Crippen molar-refractivity contribution < 1.29 is 13.0 Å². The first-order valence-electron chi connectivity index (χ1n) is 5.79. The summed E-state index contributed by atoms with van der Waals surface area (Å²) >= 11 is 1.70. The zero-order chi connectivity index (χ0) is 15.5. The van der Waals surface area contributed by atoms with Gasteiger partial charge < -0.3 is 5.73 Å². The number of nitrogens with zero attached hydrogens (tertiary/aromatic N) is 1. The van der Waals surface area contributed by atoms with Crippen LogP contribution in [0.5, 0.6) is 0 Å². The number of nitrogen functional groups attached to an aromatic ring is 1. The van der Waals surface area contributed by atoms with Gasteiger partial charge >= 0.3 is 10.3 Å². The van der Waals surface area contributed by atoms with E-state index < -0.39 is 10.3 Å². The van der Waals surface area contributed by atoms with Gasteiger partial charge in [-0.05, 0) is 36.4 Å². The van der Waals surface area contributed by atoms with Crippen LogP contribution in [0, 0.1) is 0 Å². The standard InChI is InChI=1S/C13H10N2S.H3NO3S/c14-10-7-5-9(6-8-10)13-15-11-3-1-2-4-12(11)16-13;1-5(2,3)4/h1-8H,14H2;(H3,1,2,3,4). The van der Waals surface area contributed by atoms with E-state index in [1.165, 1.54) is 4.70 Å². The van der Waals surface area contributed by atoms with Gasteiger partial charge in [-0.2, -0.15) is 8.42 Å². The molecular formula is C13H13N3O3S2. The Morgan fingerprint density at radius 1 is 1.05 bits per heavy atom. The van der Waals surface area contributed by atoms with Crippen LogP contribution in [0.4, 0.5) is 5.69 Å². The summed E-state index contributed by atoms with van der Waals surface area (Å²) in [5, 5.41) is 4.92. The molecule has 6 nitrogen and oxygen atoms in total. The molecule has 3 rings (SSSR count). The minimum Gasteiger partial charge on any atom is -0.399 e. The molecule has 0 saturated carbocycles. The number of thiazole rings is 1. The van der Waals surface area contributed by atoms with Crippen molar-refractivity contribution in [1.82, 2.24) is 4.98 Å². The van der Waals surface area contributed by atoms with Crippen LogP contribution in [-0.2, 0) is 10.3 Å². The predicted molar refractivity (Wildman–Crippen MR) is 85.2 cm³/mol. The smallest absolute Gasteiger partial charge is 0.330 e. The van der Waals surface area contributed by atoms with Gasteiger partial charge in [0.25, 0.3) is 0 Å². The molecule has 0 amide bonds. The lowest BCUT2D eigenvalue weighted by molar-refractivity contribution is 0.485. The molecule has 0 unspecified atom stereocenters. The number of nitrogens with two attached hydrogens (primary N) is 2. The van der Waals surface area contributed by atoms with E-state index in [1.807, 2.05) is 42.5 Å². The maximum absolute atomic E-state index is 8.97. The van der Waals surface area contributed by atoms with Crippen LogP contribution in [0.15, 0.2) is 48.5 Å². The highest BCUT2D eigenvalue weighted by atomic mass is 32.2. The Hall–Kier alpha value is -2.00. The molecule has 1 aromatic heterocycles. The molecule has 0 atom stereocenters. The zero-order valence-corrected chi connectivity index (χ0v) is 12.4. The van der Waals surface area contributed by atoms with E-state index in [1.54, 1.807) is 11.3 Å². The summed E-state index contributed by atoms with van der Waals surface area (Å²) in [4.78, 5) is 4.59. The number of aromatic nitrogens is 1. The van der Waals surface area contributed by atoms with E-state index in [0.29, 0.717) is 0 Å². The van der Waals surface area contributed by atoms with Gasteiger partial charge in [-0.25, -0.2) is 10.1 Å². The molecule has 21 heavy (non-hydrogen) atoms. The van der Waals surface area contributed by atoms with Crippen molar-refractivity contribution in [2.24, 2.45) is 5.14 Å². The maximum atomic E-state index is 8.97. The Bertz CT molecular complexity index is 801. The predicted octanol–water partition coefficient (Wildman–Crippen LogP) is 2.29. The molecule has 0 saturated heterocycles. The maximum Gasteiger partial charge on any atom is 0.330 e. The number of benzene rings is 2. The van der Waals surface area contributed by atoms with Crippen molar-refractivity contribution in [3.8, 4) is 10.6 Å². The van der Waals surface area contributed by atoms with Crippen LogP contribution < -0.4 is 10.9 Å². The monoisotopic (exact) mass is 323 g/mol. The average molecular weight is 323 g/mol. The molecule has 8 heteroatoms. The number of hydrogen-bond acceptors (Lipinski definition) is 5. The molecule has 5 N–H and O–H groups in total. The molecule has 0 fully saturated rings. The number of hydrogen-bond donors (Lipinski definition) is 3. The molecule has 0 aliphatic carbocycles. The Morgan fingerprint density at radius 3 is 2.19 bits per heavy atom. The molecule has 110 valence electrons. The summed E-state index contributed by atoms with van der Waals surface area (Å²) in [6.45, 7) is 0. The highest BCUT2D eigenvalue weighted by molar-refractivity contribution is 7.83. The van der Waals surface area contributed by atoms with E-state index in [-0.39, 0.29) is 0 Å². The van der Waals surface area contributed by atoms with Crippen molar-refractivity contribution in [2.75, 3.05) is 5.73 Å². The molecule has 0 spiro atoms. The highest BCUT2D eigenvalue weighted by Crippen LogP contribution is 2.30. The summed E-state index contributed by atoms with van der Waals surface area (Å²) in [5.41, 5.74) is 8.62. The second kappa shape index (κ2) is 6.19. The normalized spacial score (nSPS) is 11.0. The molecule has 0 bridgehead atoms. The van der Waals surface area contributed by atoms with E-state index >= 15 is 0 Å². The third-order valence-corrected chi connectivity index (χ3v) is 3.54. The lowest BCUT2D eigenvalue weighted by Gasteiger charge is -1.95. The van der Waals surface area contributed by atoms with Gasteiger partial charge in [0.15, 0.2) is 0 Å². The van der Waals surface area contributed by atoms with Crippen LogP contribution >= 0.6 is 11.3 Å². The molecule has 0 aliphatic rings. The van der Waals surface area contributed by atoms with Crippen LogP contribution in [0.25, 0.3) is 20.8 Å². The Labute approximate surface area is 125 Å². The molecule has 3 aromatic rings. The summed E-state index contributed by atoms with van der Waals surface area (Å²) in [6, 6.07) is 16.0. The first-order valence-corrected chi connectivity index (χ1v) is 8.11. The second-order valence-electron chi connectivity index (χ2n) is 4.12. The van der Waals surface area contributed by atoms with Crippen molar-refractivity contribution in [3.05, 3.63) is 48.5 Å². The highest BCUT2D eigenvalue weighted by Gasteiger charge is 2.04. The molecule has 2 aromatic carbocycles. The van der Waals surface area contributed by atoms with Crippen molar-refractivity contribution in [1.29, 1.82) is 0 Å². The summed E-state index contributed by atoms with van der Waals surface area (Å²) in [5.74, 6) is 0. The Morgan fingerprint density at radius 2 is 1.62 bits per heavy atom. The Kier molecular flexibility index (Phi) is 4.53. The fourth-order valence-corrected chi connectivity index (χ4v) is 2.59. The van der Waals surface area contributed by atoms with Gasteiger partial charge in [-0.15, -0.1) is 11.3 Å². The number of para-hydroxylation sites is 1. The van der Waals surface area contributed by atoms with Crippen molar-refractivity contribution in [3.63, 3.8) is 0 Å². The van der Waals surface area contributed by atoms with Gasteiger partial charge in [0, 0.05) is 11.3 Å². The summed E-state index contributed by atoms with van der Waals surface area (Å²) in [6.07, 6.45) is 0. The Balaban J connectivity index is 0.000000282. The number of anilines is 1. The van der Waals surface area contributed by atoms with Crippen LogP contribution in [0.3, 0.4) is 0 Å². The first kappa shape index (κ1) is 15.4. The minimum atomic E-state index is -4.17. The van der Waals surface area contributed by atoms with E-state index in [4.69, 9.17) is 18.7 Å². The van der Waals surface area contributed by atoms with Crippen LogP contribution in [-0.4, -0.2) is 18.0 Å². The van der Waals surface area contributed by atoms with Gasteiger partial charge in [0.1, 0.15) is 5.01 Å². The lowest BCUT2D eigenvalue weighted by Crippen LogP contribution is -2.08. The van der Waals surface area contributed by atoms with Crippen LogP contribution in [0.1, 0.15) is 0 Å². The van der Waals surface area contributed by atoms with Crippen molar-refractivity contribution >= 4 is 37.5 Å². The lowest BCUT2D eigenvalue weighted by atomic mass is 10.2. The minimum absolute atomic E-state index is 0.782. The van der Waals surface area contributed by atoms with Gasteiger partial charge in [-0.3, -0.25) is 4.55 Å². The number of rotatable bonds is 1. The fourth-order valence-electron chi connectivity index (χ4n) is 1.62. The van der Waals surface area contributed by atoms with Crippen LogP contribution in [0.2, 0.25) is 0 Å². The number of fused-ring (bicyclic) bond motifs is 1. The van der Waals surface area contributed by atoms with E-state index in [9.17, 15) is 0 Å². The topological polar surface area (TPSA) is 119 Å². The van der Waals surface area contributed by atoms with E-state index in [2.05, 4.69) is 16.2 Å². The fraction of sp³-hybridized carbons (Fsp3) is 0. The quantitative estimate of drug-likeness (QED) is 0.469. The largest absolute Gasteiger partial charge is 0.399 e. The first-order chi connectivity index (χ1) is 9.83. The molecular weight excluding hydrogens is 310 g/mol. The summed E-state index contributed by atoms with van der Waals surface area (Å²) < 4.78 is 26.4. The van der Waals surface area contributed by atoms with Gasteiger partial charge in [-0.1, -0.05) is 12.1 Å². The SMILES string of the molecule is NS(=O)(=O)O.Nc1ccc(-c2nc3ccccc3s2)cc1. The summed E-state index contributed by atoms with van der Waals surface area (Å²) in [7, 11) is -4.17. The third-order valence-electron chi connectivity index (χ3n) is 2.45. The zero-order valence-electron chi connectivity index (χ0n) is 10.8.